The van der Waals surface area contributed by atoms with Crippen LogP contribution in [0.2, 0.25) is 0 Å². The lowest BCUT2D eigenvalue weighted by Gasteiger charge is -2.37. The second-order valence-electron chi connectivity index (χ2n) is 9.52. The van der Waals surface area contributed by atoms with Crippen molar-refractivity contribution in [3.63, 3.8) is 0 Å². The van der Waals surface area contributed by atoms with E-state index in [9.17, 15) is 4.79 Å². The molecule has 1 amide bonds. The normalized spacial score (nSPS) is 17.9. The van der Waals surface area contributed by atoms with Crippen molar-refractivity contribution in [1.29, 1.82) is 0 Å². The molecule has 0 atom stereocenters. The molecule has 2 aliphatic rings. The molecule has 1 N–H and O–H groups in total. The van der Waals surface area contributed by atoms with Gasteiger partial charge in [0, 0.05) is 69.3 Å². The van der Waals surface area contributed by atoms with Gasteiger partial charge in [0.2, 0.25) is 11.9 Å². The topological polar surface area (TPSA) is 64.6 Å². The quantitative estimate of drug-likeness (QED) is 0.655. The van der Waals surface area contributed by atoms with E-state index in [2.05, 4.69) is 62.0 Å². The van der Waals surface area contributed by atoms with E-state index >= 15 is 0 Å². The highest BCUT2D eigenvalue weighted by atomic mass is 16.1. The SMILES string of the molecule is Cc1ccc(C)c(N2CCN(CCCNC(=O)C3CCN(c4nccc(C)n4)CC3)CC2)c1. The van der Waals surface area contributed by atoms with Gasteiger partial charge < -0.3 is 15.1 Å². The molecule has 33 heavy (non-hydrogen) atoms. The van der Waals surface area contributed by atoms with Gasteiger partial charge in [0.25, 0.3) is 0 Å². The third kappa shape index (κ3) is 6.22. The first-order valence-electron chi connectivity index (χ1n) is 12.4. The number of benzene rings is 1. The highest BCUT2D eigenvalue weighted by Crippen LogP contribution is 2.23. The van der Waals surface area contributed by atoms with Crippen molar-refractivity contribution in [2.45, 2.75) is 40.0 Å². The van der Waals surface area contributed by atoms with Crippen LogP contribution in [-0.4, -0.2) is 73.1 Å². The van der Waals surface area contributed by atoms with Crippen molar-refractivity contribution in [2.75, 3.05) is 62.2 Å². The van der Waals surface area contributed by atoms with Gasteiger partial charge in [0.15, 0.2) is 0 Å². The zero-order valence-electron chi connectivity index (χ0n) is 20.4. The molecule has 2 aliphatic heterocycles. The molecule has 2 aromatic rings. The molecule has 7 heteroatoms. The third-order valence-electron chi connectivity index (χ3n) is 6.96. The van der Waals surface area contributed by atoms with E-state index in [4.69, 9.17) is 0 Å². The monoisotopic (exact) mass is 450 g/mol. The molecular weight excluding hydrogens is 412 g/mol. The minimum atomic E-state index is 0.104. The molecule has 0 bridgehead atoms. The first-order valence-corrected chi connectivity index (χ1v) is 12.4. The third-order valence-corrected chi connectivity index (χ3v) is 6.96. The number of piperidine rings is 1. The Hall–Kier alpha value is -2.67. The van der Waals surface area contributed by atoms with Crippen LogP contribution in [-0.2, 0) is 4.79 Å². The fourth-order valence-electron chi connectivity index (χ4n) is 4.86. The Bertz CT molecular complexity index is 932. The second-order valence-corrected chi connectivity index (χ2v) is 9.52. The summed E-state index contributed by atoms with van der Waals surface area (Å²) in [4.78, 5) is 28.7. The van der Waals surface area contributed by atoms with E-state index in [1.54, 1.807) is 6.20 Å². The Labute approximate surface area is 198 Å². The largest absolute Gasteiger partial charge is 0.369 e. The van der Waals surface area contributed by atoms with Gasteiger partial charge in [0.05, 0.1) is 0 Å². The minimum Gasteiger partial charge on any atom is -0.369 e. The van der Waals surface area contributed by atoms with Crippen molar-refractivity contribution in [2.24, 2.45) is 5.92 Å². The summed E-state index contributed by atoms with van der Waals surface area (Å²) in [6, 6.07) is 8.62. The summed E-state index contributed by atoms with van der Waals surface area (Å²) in [7, 11) is 0. The summed E-state index contributed by atoms with van der Waals surface area (Å²) in [6.07, 6.45) is 4.54. The number of amides is 1. The first kappa shape index (κ1) is 23.5. The molecule has 2 fully saturated rings. The Morgan fingerprint density at radius 2 is 1.76 bits per heavy atom. The number of carbonyl (C=O) groups is 1. The van der Waals surface area contributed by atoms with Crippen molar-refractivity contribution >= 4 is 17.5 Å². The van der Waals surface area contributed by atoms with Crippen LogP contribution < -0.4 is 15.1 Å². The number of carbonyl (C=O) groups excluding carboxylic acids is 1. The lowest BCUT2D eigenvalue weighted by Crippen LogP contribution is -2.47. The molecule has 3 heterocycles. The van der Waals surface area contributed by atoms with Crippen LogP contribution in [0.5, 0.6) is 0 Å². The molecule has 0 aliphatic carbocycles. The molecule has 0 radical (unpaired) electrons. The van der Waals surface area contributed by atoms with Crippen molar-refractivity contribution in [1.82, 2.24) is 20.2 Å². The number of anilines is 2. The average molecular weight is 451 g/mol. The molecular formula is C26H38N6O. The number of piperazine rings is 1. The lowest BCUT2D eigenvalue weighted by atomic mass is 9.96. The van der Waals surface area contributed by atoms with Gasteiger partial charge in [-0.1, -0.05) is 12.1 Å². The molecule has 0 spiro atoms. The predicted octanol–water partition coefficient (Wildman–Crippen LogP) is 2.95. The molecule has 1 aromatic carbocycles. The van der Waals surface area contributed by atoms with Gasteiger partial charge in [-0.3, -0.25) is 9.69 Å². The van der Waals surface area contributed by atoms with Crippen molar-refractivity contribution < 1.29 is 4.79 Å². The van der Waals surface area contributed by atoms with E-state index in [0.717, 1.165) is 83.3 Å². The van der Waals surface area contributed by atoms with Gasteiger partial charge >= 0.3 is 0 Å². The van der Waals surface area contributed by atoms with Crippen LogP contribution in [0.3, 0.4) is 0 Å². The smallest absolute Gasteiger partial charge is 0.225 e. The number of hydrogen-bond acceptors (Lipinski definition) is 6. The fourth-order valence-corrected chi connectivity index (χ4v) is 4.86. The summed E-state index contributed by atoms with van der Waals surface area (Å²) >= 11 is 0. The van der Waals surface area contributed by atoms with Gasteiger partial charge in [-0.05, 0) is 69.8 Å². The number of aromatic nitrogens is 2. The zero-order chi connectivity index (χ0) is 23.2. The Morgan fingerprint density at radius 1 is 1.00 bits per heavy atom. The number of nitrogens with one attached hydrogen (secondary N) is 1. The Kier molecular flexibility index (Phi) is 7.81. The number of nitrogens with zero attached hydrogens (tertiary/aromatic N) is 5. The number of aryl methyl sites for hydroxylation is 3. The second kappa shape index (κ2) is 11.0. The van der Waals surface area contributed by atoms with E-state index in [1.807, 2.05) is 13.0 Å². The van der Waals surface area contributed by atoms with Crippen molar-refractivity contribution in [3.05, 3.63) is 47.3 Å². The summed E-state index contributed by atoms with van der Waals surface area (Å²) in [5.74, 6) is 1.10. The predicted molar refractivity (Wildman–Crippen MR) is 134 cm³/mol. The zero-order valence-corrected chi connectivity index (χ0v) is 20.4. The van der Waals surface area contributed by atoms with Crippen LogP contribution in [0.25, 0.3) is 0 Å². The van der Waals surface area contributed by atoms with Crippen LogP contribution in [0.15, 0.2) is 30.5 Å². The van der Waals surface area contributed by atoms with Crippen LogP contribution in [0, 0.1) is 26.7 Å². The molecule has 1 aromatic heterocycles. The standard InChI is InChI=1S/C26H38N6O/c1-20-5-6-21(2)24(19-20)31-17-15-30(16-18-31)12-4-10-27-25(33)23-8-13-32(14-9-23)26-28-11-7-22(3)29-26/h5-7,11,19,23H,4,8-10,12-18H2,1-3H3,(H,27,33). The van der Waals surface area contributed by atoms with Crippen LogP contribution >= 0.6 is 0 Å². The highest BCUT2D eigenvalue weighted by molar-refractivity contribution is 5.78. The maximum absolute atomic E-state index is 12.6. The Morgan fingerprint density at radius 3 is 2.48 bits per heavy atom. The maximum Gasteiger partial charge on any atom is 0.225 e. The molecule has 0 saturated carbocycles. The summed E-state index contributed by atoms with van der Waals surface area (Å²) in [6.45, 7) is 14.1. The van der Waals surface area contributed by atoms with Gasteiger partial charge in [-0.15, -0.1) is 0 Å². The van der Waals surface area contributed by atoms with Gasteiger partial charge in [-0.25, -0.2) is 9.97 Å². The molecule has 0 unspecified atom stereocenters. The Balaban J connectivity index is 1.12. The van der Waals surface area contributed by atoms with Gasteiger partial charge in [0.1, 0.15) is 0 Å². The summed E-state index contributed by atoms with van der Waals surface area (Å²) in [5.41, 5.74) is 5.03. The van der Waals surface area contributed by atoms with E-state index in [0.29, 0.717) is 0 Å². The van der Waals surface area contributed by atoms with E-state index in [-0.39, 0.29) is 11.8 Å². The van der Waals surface area contributed by atoms with E-state index < -0.39 is 0 Å². The summed E-state index contributed by atoms with van der Waals surface area (Å²) < 4.78 is 0. The number of hydrogen-bond donors (Lipinski definition) is 1. The fraction of sp³-hybridized carbons (Fsp3) is 0.577. The highest BCUT2D eigenvalue weighted by Gasteiger charge is 2.26. The molecule has 7 nitrogen and oxygen atoms in total. The van der Waals surface area contributed by atoms with Crippen LogP contribution in [0.4, 0.5) is 11.6 Å². The molecule has 178 valence electrons. The van der Waals surface area contributed by atoms with Gasteiger partial charge in [-0.2, -0.15) is 0 Å². The molecule has 2 saturated heterocycles. The molecule has 4 rings (SSSR count). The minimum absolute atomic E-state index is 0.104. The van der Waals surface area contributed by atoms with Crippen molar-refractivity contribution in [3.8, 4) is 0 Å². The van der Waals surface area contributed by atoms with E-state index in [1.165, 1.54) is 16.8 Å². The summed E-state index contributed by atoms with van der Waals surface area (Å²) in [5, 5.41) is 3.18. The number of rotatable bonds is 7. The lowest BCUT2D eigenvalue weighted by molar-refractivity contribution is -0.125. The van der Waals surface area contributed by atoms with Crippen LogP contribution in [0.1, 0.15) is 36.1 Å². The maximum atomic E-state index is 12.6. The average Bonchev–Trinajstić information content (AvgIpc) is 2.84. The first-order chi connectivity index (χ1) is 16.0.